The SMILES string of the molecule is CC(=O)N[C@H]1[C@H](OC[C@H]2OC(O)[C@H](NC(C)=O)[C@@H](O[C@@H]3O[C@H](CO)[C@H](O[C@H]4O[C@H](CO)[C@@H](O)[C@H](O)[C@H]4NC(C)=O)[C@H](O)[C@H]3O)[C@H]2O)O[C@H](CO)[C@@H](O[C@@H]2O[C@H](CO)[C@H](O[C@H]3O[C@H](CO)[C@@H](O)[C@H](O)[C@H]3NC(C)=O)[C@H](O)[C@H]2O)[C@@H]1O. The first-order chi connectivity index (χ1) is 37.3. The molecule has 35 nitrogen and oxygen atoms in total. The molecule has 6 saturated heterocycles. The van der Waals surface area contributed by atoms with Crippen molar-refractivity contribution in [1.29, 1.82) is 0 Å². The highest BCUT2D eigenvalue weighted by Crippen LogP contribution is 2.36. The van der Waals surface area contributed by atoms with Crippen LogP contribution in [-0.2, 0) is 71.3 Å². The first-order valence-electron chi connectivity index (χ1n) is 25.1. The Balaban J connectivity index is 1.15. The van der Waals surface area contributed by atoms with E-state index in [2.05, 4.69) is 21.3 Å². The molecule has 0 spiro atoms. The van der Waals surface area contributed by atoms with E-state index < -0.39 is 247 Å². The Morgan fingerprint density at radius 2 is 0.646 bits per heavy atom. The summed E-state index contributed by atoms with van der Waals surface area (Å²) in [5, 5.41) is 182. The van der Waals surface area contributed by atoms with Gasteiger partial charge in [-0.2, -0.15) is 0 Å². The Hall–Kier alpha value is -3.20. The third-order valence-electron chi connectivity index (χ3n) is 14.0. The fraction of sp³-hybridized carbons (Fsp3) is 0.909. The zero-order valence-corrected chi connectivity index (χ0v) is 42.8. The highest BCUT2D eigenvalue weighted by molar-refractivity contribution is 5.74. The van der Waals surface area contributed by atoms with Crippen molar-refractivity contribution in [3.63, 3.8) is 0 Å². The second-order valence-corrected chi connectivity index (χ2v) is 19.7. The summed E-state index contributed by atoms with van der Waals surface area (Å²) in [6.45, 7) is -1.30. The van der Waals surface area contributed by atoms with E-state index in [4.69, 9.17) is 52.1 Å². The maximum atomic E-state index is 12.6. The molecule has 6 aliphatic heterocycles. The molecule has 6 rings (SSSR count). The van der Waals surface area contributed by atoms with Crippen LogP contribution in [0.15, 0.2) is 0 Å². The van der Waals surface area contributed by atoms with Crippen LogP contribution in [0.3, 0.4) is 0 Å². The van der Waals surface area contributed by atoms with Crippen molar-refractivity contribution >= 4 is 23.6 Å². The van der Waals surface area contributed by atoms with Gasteiger partial charge in [-0.05, 0) is 0 Å². The average Bonchev–Trinajstić information content (AvgIpc) is 3.44. The van der Waals surface area contributed by atoms with Gasteiger partial charge < -0.3 is 155 Å². The summed E-state index contributed by atoms with van der Waals surface area (Å²) in [5.74, 6) is -3.05. The molecule has 0 radical (unpaired) electrons. The van der Waals surface area contributed by atoms with Gasteiger partial charge in [0.05, 0.1) is 39.6 Å². The summed E-state index contributed by atoms with van der Waals surface area (Å²) >= 11 is 0. The molecule has 6 heterocycles. The monoisotopic (exact) mass is 1150 g/mol. The molecule has 79 heavy (non-hydrogen) atoms. The molecule has 20 N–H and O–H groups in total. The minimum Gasteiger partial charge on any atom is -0.394 e. The zero-order valence-electron chi connectivity index (χ0n) is 42.8. The lowest BCUT2D eigenvalue weighted by Gasteiger charge is -2.49. The Kier molecular flexibility index (Phi) is 23.3. The molecule has 0 saturated carbocycles. The van der Waals surface area contributed by atoms with Gasteiger partial charge in [0.2, 0.25) is 23.6 Å². The van der Waals surface area contributed by atoms with Crippen molar-refractivity contribution in [2.24, 2.45) is 0 Å². The summed E-state index contributed by atoms with van der Waals surface area (Å²) in [4.78, 5) is 48.9. The minimum atomic E-state index is -2.17. The van der Waals surface area contributed by atoms with E-state index in [1.54, 1.807) is 0 Å². The number of ether oxygens (including phenoxy) is 11. The van der Waals surface area contributed by atoms with E-state index >= 15 is 0 Å². The highest BCUT2D eigenvalue weighted by Gasteiger charge is 2.57. The van der Waals surface area contributed by atoms with Gasteiger partial charge in [-0.25, -0.2) is 0 Å². The standard InChI is InChI=1S/C44H74N4O31/c1-11(54)45-21-28(61)25(58)15(5-49)71-41(21)76-36-18(8-52)74-43(33(66)31(36)64)78-35-17(7-51)73-40(23(30(35)63)47-13(3)56)69-10-20-27(60)38(24(39(68)70-20)48-14(4)57)79-44-34(67)32(65)37(19(9-53)75-44)77-42-22(46-12(2)55)29(62)26(59)16(6-50)72-42/h15-44,49-53,58-68H,5-10H2,1-4H3,(H,45,54)(H,46,55)(H,47,56)(H,48,57)/t15-,16-,17-,18-,19-,20-,21-,22-,23-,24-,25-,26-,27+,28-,29-,30-,31-,32-,33-,34-,35-,36+,37+,38-,39?,40-,41-,42-,43+,44+/m1/s1. The largest absolute Gasteiger partial charge is 0.394 e. The summed E-state index contributed by atoms with van der Waals surface area (Å²) in [7, 11) is 0. The van der Waals surface area contributed by atoms with Crippen LogP contribution in [0.5, 0.6) is 0 Å². The molecule has 0 aromatic carbocycles. The molecule has 0 aromatic heterocycles. The molecule has 6 aliphatic rings. The molecule has 1 unspecified atom stereocenters. The molecule has 0 aromatic rings. The minimum absolute atomic E-state index is 0.718. The fourth-order valence-electron chi connectivity index (χ4n) is 10.0. The predicted octanol–water partition coefficient (Wildman–Crippen LogP) is -13.5. The number of carbonyl (C=O) groups excluding carboxylic acids is 4. The van der Waals surface area contributed by atoms with Gasteiger partial charge in [-0.3, -0.25) is 19.2 Å². The van der Waals surface area contributed by atoms with Crippen molar-refractivity contribution in [2.45, 2.75) is 212 Å². The second kappa shape index (κ2) is 28.4. The molecule has 6 fully saturated rings. The van der Waals surface area contributed by atoms with Crippen molar-refractivity contribution in [3.8, 4) is 0 Å². The van der Waals surface area contributed by atoms with Crippen LogP contribution in [0.1, 0.15) is 27.7 Å². The van der Waals surface area contributed by atoms with Gasteiger partial charge in [-0.1, -0.05) is 0 Å². The van der Waals surface area contributed by atoms with Gasteiger partial charge in [0.25, 0.3) is 0 Å². The molecule has 456 valence electrons. The van der Waals surface area contributed by atoms with Crippen LogP contribution in [0.4, 0.5) is 0 Å². The molecule has 4 amide bonds. The number of amides is 4. The Morgan fingerprint density at radius 1 is 0.329 bits per heavy atom. The molecular weight excluding hydrogens is 1080 g/mol. The highest BCUT2D eigenvalue weighted by atomic mass is 16.8. The van der Waals surface area contributed by atoms with Crippen LogP contribution in [-0.4, -0.2) is 329 Å². The summed E-state index contributed by atoms with van der Waals surface area (Å²) in [5.41, 5.74) is 0. The average molecular weight is 1160 g/mol. The summed E-state index contributed by atoms with van der Waals surface area (Å²) in [6.07, 6.45) is -47.6. The van der Waals surface area contributed by atoms with E-state index in [0.29, 0.717) is 0 Å². The van der Waals surface area contributed by atoms with Crippen molar-refractivity contribution < 1.29 is 153 Å². The number of hydrogen-bond acceptors (Lipinski definition) is 31. The van der Waals surface area contributed by atoms with Crippen molar-refractivity contribution in [3.05, 3.63) is 0 Å². The van der Waals surface area contributed by atoms with Gasteiger partial charge >= 0.3 is 0 Å². The number of hydrogen-bond donors (Lipinski definition) is 20. The summed E-state index contributed by atoms with van der Waals surface area (Å²) in [6, 6.07) is -6.41. The van der Waals surface area contributed by atoms with E-state index in [0.717, 1.165) is 27.7 Å². The van der Waals surface area contributed by atoms with Crippen LogP contribution in [0, 0.1) is 0 Å². The number of carbonyl (C=O) groups is 4. The van der Waals surface area contributed by atoms with Crippen LogP contribution >= 0.6 is 0 Å². The smallest absolute Gasteiger partial charge is 0.217 e. The van der Waals surface area contributed by atoms with Crippen LogP contribution in [0.2, 0.25) is 0 Å². The first kappa shape index (κ1) is 65.0. The van der Waals surface area contributed by atoms with E-state index in [1.807, 2.05) is 0 Å². The molecule has 0 bridgehead atoms. The topological polar surface area (TPSA) is 542 Å². The predicted molar refractivity (Wildman–Crippen MR) is 246 cm³/mol. The van der Waals surface area contributed by atoms with Crippen LogP contribution < -0.4 is 21.3 Å². The van der Waals surface area contributed by atoms with Crippen molar-refractivity contribution in [2.75, 3.05) is 39.6 Å². The Labute approximate surface area is 448 Å². The number of nitrogens with one attached hydrogen (secondary N) is 4. The lowest BCUT2D eigenvalue weighted by Crippen LogP contribution is -2.70. The maximum Gasteiger partial charge on any atom is 0.217 e. The maximum absolute atomic E-state index is 12.6. The second-order valence-electron chi connectivity index (χ2n) is 19.7. The van der Waals surface area contributed by atoms with Gasteiger partial charge in [0, 0.05) is 27.7 Å². The lowest BCUT2D eigenvalue weighted by molar-refractivity contribution is -0.372. The van der Waals surface area contributed by atoms with Crippen LogP contribution in [0.25, 0.3) is 0 Å². The molecule has 35 heteroatoms. The molecule has 0 aliphatic carbocycles. The van der Waals surface area contributed by atoms with Gasteiger partial charge in [0.15, 0.2) is 37.7 Å². The normalized spacial score (nSPS) is 46.7. The van der Waals surface area contributed by atoms with Crippen molar-refractivity contribution in [1.82, 2.24) is 21.3 Å². The summed E-state index contributed by atoms with van der Waals surface area (Å²) < 4.78 is 63.3. The van der Waals surface area contributed by atoms with Gasteiger partial charge in [0.1, 0.15) is 146 Å². The van der Waals surface area contributed by atoms with E-state index in [1.165, 1.54) is 0 Å². The number of rotatable bonds is 20. The fourth-order valence-corrected chi connectivity index (χ4v) is 10.0. The molecular formula is C44H74N4O31. The van der Waals surface area contributed by atoms with E-state index in [9.17, 15) is 101 Å². The quantitative estimate of drug-likeness (QED) is 0.0538. The number of aliphatic hydroxyl groups excluding tert-OH is 16. The molecule has 30 atom stereocenters. The Bertz CT molecular complexity index is 1990. The lowest BCUT2D eigenvalue weighted by atomic mass is 9.94. The van der Waals surface area contributed by atoms with Gasteiger partial charge in [-0.15, -0.1) is 0 Å². The number of aliphatic hydroxyl groups is 16. The zero-order chi connectivity index (χ0) is 58.5. The third-order valence-corrected chi connectivity index (χ3v) is 14.0. The third kappa shape index (κ3) is 14.8. The first-order valence-corrected chi connectivity index (χ1v) is 25.1. The van der Waals surface area contributed by atoms with E-state index in [-0.39, 0.29) is 0 Å². The Morgan fingerprint density at radius 3 is 1.03 bits per heavy atom.